The normalized spacial score (nSPS) is 27.7. The number of unbranched alkanes of at least 4 members (excludes halogenated alkanes) is 3. The Balaban J connectivity index is 1.52. The first kappa shape index (κ1) is 30.4. The highest BCUT2D eigenvalue weighted by Gasteiger charge is 2.77. The van der Waals surface area contributed by atoms with Gasteiger partial charge in [0.15, 0.2) is 0 Å². The van der Waals surface area contributed by atoms with E-state index in [1.54, 1.807) is 33.7 Å². The summed E-state index contributed by atoms with van der Waals surface area (Å²) in [6.45, 7) is 10.8. The van der Waals surface area contributed by atoms with Crippen molar-refractivity contribution in [2.45, 2.75) is 67.4 Å². The SMILES string of the molecule is C=CCCOC(=O)[C@@H]1[C@H]2C(=O)N(CCCCCCO)C(C(=O)N(CC=C)c3ccc4ccccc4c3)C23CC[C@@]1(C)S3. The lowest BCUT2D eigenvalue weighted by Gasteiger charge is -2.37. The smallest absolute Gasteiger partial charge is 0.311 e. The molecule has 5 rings (SSSR count). The van der Waals surface area contributed by atoms with Gasteiger partial charge in [-0.2, -0.15) is 0 Å². The fraction of sp³-hybridized carbons (Fsp3) is 0.500. The third-order valence-corrected chi connectivity index (χ3v) is 11.2. The number of esters is 1. The molecule has 42 heavy (non-hydrogen) atoms. The van der Waals surface area contributed by atoms with E-state index in [0.717, 1.165) is 42.1 Å². The molecule has 8 heteroatoms. The number of benzene rings is 2. The number of nitrogens with zero attached hydrogens (tertiary/aromatic N) is 2. The summed E-state index contributed by atoms with van der Waals surface area (Å²) in [5.74, 6) is -1.80. The molecule has 0 aliphatic carbocycles. The van der Waals surface area contributed by atoms with Crippen molar-refractivity contribution in [1.82, 2.24) is 4.90 Å². The van der Waals surface area contributed by atoms with E-state index in [1.165, 1.54) is 0 Å². The molecule has 0 saturated carbocycles. The zero-order valence-electron chi connectivity index (χ0n) is 24.5. The van der Waals surface area contributed by atoms with Gasteiger partial charge in [-0.25, -0.2) is 0 Å². The highest BCUT2D eigenvalue weighted by Crippen LogP contribution is 2.71. The van der Waals surface area contributed by atoms with Crippen LogP contribution in [-0.2, 0) is 19.1 Å². The standard InChI is InChI=1S/C34H42N2O5S/c1-4-6-22-41-32(40)28-27-30(38)36(20-11-7-8-12-21-37)29(34(27)18-17-33(28,3)42-34)31(39)35(19-5-2)26-16-15-24-13-9-10-14-25(24)23-26/h4-5,9-10,13-16,23,27-29,37H,1-2,6-8,11-12,17-22H2,3H3/t27-,28-,29?,33+,34?/m0/s1. The maximum Gasteiger partial charge on any atom is 0.311 e. The molecular weight excluding hydrogens is 548 g/mol. The van der Waals surface area contributed by atoms with Crippen molar-refractivity contribution < 1.29 is 24.2 Å². The van der Waals surface area contributed by atoms with Crippen molar-refractivity contribution in [3.8, 4) is 0 Å². The van der Waals surface area contributed by atoms with Crippen LogP contribution in [0, 0.1) is 11.8 Å². The van der Waals surface area contributed by atoms with Gasteiger partial charge in [-0.3, -0.25) is 14.4 Å². The van der Waals surface area contributed by atoms with Crippen LogP contribution in [0.3, 0.4) is 0 Å². The second-order valence-corrected chi connectivity index (χ2v) is 13.8. The lowest BCUT2D eigenvalue weighted by molar-refractivity contribution is -0.155. The summed E-state index contributed by atoms with van der Waals surface area (Å²) in [5.41, 5.74) is 0.762. The van der Waals surface area contributed by atoms with Gasteiger partial charge >= 0.3 is 5.97 Å². The van der Waals surface area contributed by atoms with Crippen molar-refractivity contribution in [3.05, 3.63) is 67.8 Å². The van der Waals surface area contributed by atoms with E-state index in [0.29, 0.717) is 32.4 Å². The van der Waals surface area contributed by atoms with Gasteiger partial charge in [0, 0.05) is 30.1 Å². The number of amides is 2. The van der Waals surface area contributed by atoms with Crippen molar-refractivity contribution in [2.24, 2.45) is 11.8 Å². The lowest BCUT2D eigenvalue weighted by Crippen LogP contribution is -2.55. The van der Waals surface area contributed by atoms with Crippen LogP contribution in [0.5, 0.6) is 0 Å². The molecule has 7 nitrogen and oxygen atoms in total. The summed E-state index contributed by atoms with van der Waals surface area (Å²) in [4.78, 5) is 46.2. The zero-order valence-corrected chi connectivity index (χ0v) is 25.3. The minimum Gasteiger partial charge on any atom is -0.465 e. The number of carbonyl (C=O) groups is 3. The molecule has 0 radical (unpaired) electrons. The maximum absolute atomic E-state index is 14.8. The fourth-order valence-corrected chi connectivity index (χ4v) is 9.67. The van der Waals surface area contributed by atoms with Gasteiger partial charge in [0.1, 0.15) is 6.04 Å². The number of rotatable bonds is 14. The Hall–Kier alpha value is -3.10. The van der Waals surface area contributed by atoms with Crippen molar-refractivity contribution in [3.63, 3.8) is 0 Å². The number of hydrogen-bond donors (Lipinski definition) is 1. The summed E-state index contributed by atoms with van der Waals surface area (Å²) in [7, 11) is 0. The minimum absolute atomic E-state index is 0.117. The molecule has 3 aliphatic heterocycles. The number of fused-ring (bicyclic) bond motifs is 2. The summed E-state index contributed by atoms with van der Waals surface area (Å²) in [6, 6.07) is 13.3. The molecule has 2 amide bonds. The average Bonchev–Trinajstić information content (AvgIpc) is 3.56. The Morgan fingerprint density at radius 2 is 1.86 bits per heavy atom. The van der Waals surface area contributed by atoms with Crippen molar-refractivity contribution in [1.29, 1.82) is 0 Å². The number of ether oxygens (including phenoxy) is 1. The van der Waals surface area contributed by atoms with Gasteiger partial charge in [0.05, 0.1) is 23.2 Å². The number of hydrogen-bond acceptors (Lipinski definition) is 6. The largest absolute Gasteiger partial charge is 0.465 e. The first-order valence-corrected chi connectivity index (χ1v) is 15.9. The Bertz CT molecular complexity index is 1360. The second-order valence-electron chi connectivity index (χ2n) is 11.9. The number of aliphatic hydroxyl groups is 1. The molecule has 3 heterocycles. The molecule has 3 fully saturated rings. The van der Waals surface area contributed by atoms with Crippen molar-refractivity contribution >= 4 is 46.0 Å². The van der Waals surface area contributed by atoms with Gasteiger partial charge in [-0.1, -0.05) is 55.3 Å². The number of carbonyl (C=O) groups excluding carboxylic acids is 3. The molecule has 1 N–H and O–H groups in total. The molecule has 1 spiro atoms. The van der Waals surface area contributed by atoms with E-state index in [2.05, 4.69) is 20.1 Å². The lowest BCUT2D eigenvalue weighted by atomic mass is 9.66. The van der Waals surface area contributed by atoms with Crippen LogP contribution in [-0.4, -0.2) is 69.6 Å². The number of anilines is 1. The topological polar surface area (TPSA) is 87.1 Å². The molecule has 0 aromatic heterocycles. The van der Waals surface area contributed by atoms with E-state index in [1.807, 2.05) is 42.5 Å². The van der Waals surface area contributed by atoms with Crippen LogP contribution < -0.4 is 4.90 Å². The van der Waals surface area contributed by atoms with E-state index < -0.39 is 27.4 Å². The zero-order chi connectivity index (χ0) is 29.9. The second kappa shape index (κ2) is 12.6. The van der Waals surface area contributed by atoms with Crippen molar-refractivity contribution in [2.75, 3.05) is 31.2 Å². The van der Waals surface area contributed by atoms with E-state index in [-0.39, 0.29) is 31.0 Å². The summed E-state index contributed by atoms with van der Waals surface area (Å²) < 4.78 is 4.49. The van der Waals surface area contributed by atoms with Gasteiger partial charge in [0.25, 0.3) is 5.91 Å². The van der Waals surface area contributed by atoms with Gasteiger partial charge in [0.2, 0.25) is 5.91 Å². The van der Waals surface area contributed by atoms with Gasteiger partial charge in [-0.15, -0.1) is 24.9 Å². The van der Waals surface area contributed by atoms with Crippen LogP contribution in [0.4, 0.5) is 5.69 Å². The fourth-order valence-electron chi connectivity index (χ4n) is 7.33. The number of thioether (sulfide) groups is 1. The van der Waals surface area contributed by atoms with Crippen LogP contribution in [0.15, 0.2) is 67.8 Å². The number of likely N-dealkylation sites (tertiary alicyclic amines) is 1. The van der Waals surface area contributed by atoms with E-state index in [9.17, 15) is 19.5 Å². The van der Waals surface area contributed by atoms with Gasteiger partial charge in [-0.05, 0) is 61.9 Å². The van der Waals surface area contributed by atoms with E-state index >= 15 is 0 Å². The molecule has 2 bridgehead atoms. The molecular formula is C34H42N2O5S. The highest BCUT2D eigenvalue weighted by molar-refractivity contribution is 8.02. The third-order valence-electron chi connectivity index (χ3n) is 9.26. The monoisotopic (exact) mass is 590 g/mol. The molecule has 3 aliphatic rings. The molecule has 2 unspecified atom stereocenters. The first-order valence-electron chi connectivity index (χ1n) is 15.1. The highest BCUT2D eigenvalue weighted by atomic mass is 32.2. The molecule has 2 aromatic rings. The predicted octanol–water partition coefficient (Wildman–Crippen LogP) is 5.51. The van der Waals surface area contributed by atoms with Crippen LogP contribution >= 0.6 is 11.8 Å². The summed E-state index contributed by atoms with van der Waals surface area (Å²) in [6.07, 6.45) is 8.57. The van der Waals surface area contributed by atoms with Crippen LogP contribution in [0.25, 0.3) is 10.8 Å². The quantitative estimate of drug-likeness (QED) is 0.177. The van der Waals surface area contributed by atoms with Crippen LogP contribution in [0.2, 0.25) is 0 Å². The Morgan fingerprint density at radius 1 is 1.10 bits per heavy atom. The maximum atomic E-state index is 14.8. The Kier molecular flexibility index (Phi) is 9.14. The summed E-state index contributed by atoms with van der Waals surface area (Å²) >= 11 is 1.66. The molecule has 224 valence electrons. The summed E-state index contributed by atoms with van der Waals surface area (Å²) in [5, 5.41) is 11.3. The average molecular weight is 591 g/mol. The van der Waals surface area contributed by atoms with E-state index in [4.69, 9.17) is 4.74 Å². The van der Waals surface area contributed by atoms with Crippen LogP contribution in [0.1, 0.15) is 51.9 Å². The minimum atomic E-state index is -0.702. The predicted molar refractivity (Wildman–Crippen MR) is 168 cm³/mol. The molecule has 2 aromatic carbocycles. The third kappa shape index (κ3) is 5.28. The Morgan fingerprint density at radius 3 is 2.60 bits per heavy atom. The number of aliphatic hydroxyl groups excluding tert-OH is 1. The van der Waals surface area contributed by atoms with Gasteiger partial charge < -0.3 is 19.6 Å². The molecule has 3 saturated heterocycles. The molecule has 5 atom stereocenters. The first-order chi connectivity index (χ1) is 20.3. The Labute approximate surface area is 253 Å².